The van der Waals surface area contributed by atoms with Crippen LogP contribution < -0.4 is 15.2 Å². The van der Waals surface area contributed by atoms with Crippen LogP contribution in [0.1, 0.15) is 36.7 Å². The molecule has 0 unspecified atom stereocenters. The SMILES string of the molecule is CC(=O)c1cccc(C(C)(C)NC(=O)Nc2cnc3c(ccc[n+]3C)c2)c1. The topological polar surface area (TPSA) is 75.0 Å². The molecule has 0 aliphatic rings. The molecule has 0 aliphatic carbocycles. The summed E-state index contributed by atoms with van der Waals surface area (Å²) in [5.41, 5.74) is 2.28. The van der Waals surface area contributed by atoms with Gasteiger partial charge in [-0.05, 0) is 55.6 Å². The third kappa shape index (κ3) is 4.11. The summed E-state index contributed by atoms with van der Waals surface area (Å²) in [7, 11) is 1.92. The minimum absolute atomic E-state index is 0.00694. The van der Waals surface area contributed by atoms with E-state index in [1.165, 1.54) is 6.92 Å². The van der Waals surface area contributed by atoms with Crippen LogP contribution in [0, 0.1) is 0 Å². The molecule has 0 fully saturated rings. The van der Waals surface area contributed by atoms with Crippen molar-refractivity contribution in [1.82, 2.24) is 10.3 Å². The number of ketones is 1. The lowest BCUT2D eigenvalue weighted by molar-refractivity contribution is -0.646. The van der Waals surface area contributed by atoms with E-state index in [2.05, 4.69) is 15.6 Å². The number of carbonyl (C=O) groups excluding carboxylic acids is 2. The van der Waals surface area contributed by atoms with E-state index < -0.39 is 5.54 Å². The first-order chi connectivity index (χ1) is 12.8. The maximum atomic E-state index is 12.5. The number of nitrogens with one attached hydrogen (secondary N) is 2. The van der Waals surface area contributed by atoms with Crippen molar-refractivity contribution < 1.29 is 14.2 Å². The van der Waals surface area contributed by atoms with Crippen LogP contribution in [0.2, 0.25) is 0 Å². The number of hydrogen-bond donors (Lipinski definition) is 2. The molecule has 2 N–H and O–H groups in total. The molecule has 0 aliphatic heterocycles. The molecule has 2 amide bonds. The molecular weight excluding hydrogens is 340 g/mol. The van der Waals surface area contributed by atoms with E-state index in [1.54, 1.807) is 18.3 Å². The average molecular weight is 363 g/mol. The van der Waals surface area contributed by atoms with Gasteiger partial charge in [-0.2, -0.15) is 0 Å². The Morgan fingerprint density at radius 3 is 2.63 bits per heavy atom. The number of hydrogen-bond acceptors (Lipinski definition) is 3. The molecule has 27 heavy (non-hydrogen) atoms. The standard InChI is InChI=1S/C21H22N4O2/c1-14(26)15-7-5-9-17(11-15)21(2,3)24-20(27)23-18-12-16-8-6-10-25(4)19(16)22-13-18/h5-13H,1-4H3,(H-,23,24,27)/p+1. The van der Waals surface area contributed by atoms with Crippen molar-refractivity contribution in [3.63, 3.8) is 0 Å². The normalized spacial score (nSPS) is 11.3. The Kier molecular flexibility index (Phi) is 4.90. The van der Waals surface area contributed by atoms with Gasteiger partial charge in [0.15, 0.2) is 12.0 Å². The highest BCUT2D eigenvalue weighted by Gasteiger charge is 2.24. The summed E-state index contributed by atoms with van der Waals surface area (Å²) in [6, 6.07) is 12.7. The summed E-state index contributed by atoms with van der Waals surface area (Å²) in [5.74, 6) is -0.00694. The van der Waals surface area contributed by atoms with E-state index >= 15 is 0 Å². The Bertz CT molecular complexity index is 1030. The largest absolute Gasteiger partial charge is 0.330 e. The van der Waals surface area contributed by atoms with Crippen LogP contribution in [-0.4, -0.2) is 16.8 Å². The predicted molar refractivity (Wildman–Crippen MR) is 105 cm³/mol. The number of pyridine rings is 2. The number of Topliss-reactive ketones (excluding diaryl/α,β-unsaturated/α-hetero) is 1. The minimum Gasteiger partial charge on any atom is -0.329 e. The van der Waals surface area contributed by atoms with Crippen molar-refractivity contribution in [3.8, 4) is 0 Å². The number of urea groups is 1. The number of aromatic nitrogens is 2. The van der Waals surface area contributed by atoms with Crippen LogP contribution in [-0.2, 0) is 12.6 Å². The zero-order valence-corrected chi connectivity index (χ0v) is 15.9. The second-order valence-electron chi connectivity index (χ2n) is 7.10. The smallest absolute Gasteiger partial charge is 0.329 e. The summed E-state index contributed by atoms with van der Waals surface area (Å²) in [6.45, 7) is 5.31. The summed E-state index contributed by atoms with van der Waals surface area (Å²) in [4.78, 5) is 28.5. The molecule has 2 aromatic heterocycles. The lowest BCUT2D eigenvalue weighted by Gasteiger charge is -2.27. The van der Waals surface area contributed by atoms with Gasteiger partial charge in [-0.25, -0.2) is 9.36 Å². The molecule has 6 heteroatoms. The predicted octanol–water partition coefficient (Wildman–Crippen LogP) is 3.32. The quantitative estimate of drug-likeness (QED) is 0.552. The lowest BCUT2D eigenvalue weighted by Crippen LogP contribution is -2.43. The number of carbonyl (C=O) groups is 2. The Morgan fingerprint density at radius 2 is 1.89 bits per heavy atom. The highest BCUT2D eigenvalue weighted by Crippen LogP contribution is 2.22. The molecular formula is C21H23N4O2+. The van der Waals surface area contributed by atoms with E-state index in [-0.39, 0.29) is 11.8 Å². The van der Waals surface area contributed by atoms with Gasteiger partial charge in [0.2, 0.25) is 0 Å². The third-order valence-corrected chi connectivity index (χ3v) is 4.49. The minimum atomic E-state index is -0.647. The van der Waals surface area contributed by atoms with Crippen LogP contribution in [0.25, 0.3) is 11.0 Å². The summed E-state index contributed by atoms with van der Waals surface area (Å²) in [6.07, 6.45) is 3.55. The second kappa shape index (κ2) is 7.15. The van der Waals surface area contributed by atoms with Crippen molar-refractivity contribution in [3.05, 3.63) is 66.0 Å². The first kappa shape index (κ1) is 18.5. The fraction of sp³-hybridized carbons (Fsp3) is 0.238. The molecule has 138 valence electrons. The summed E-state index contributed by atoms with van der Waals surface area (Å²) < 4.78 is 1.92. The Labute approximate surface area is 158 Å². The van der Waals surface area contributed by atoms with E-state index in [0.717, 1.165) is 16.6 Å². The zero-order chi connectivity index (χ0) is 19.6. The van der Waals surface area contributed by atoms with Crippen LogP contribution >= 0.6 is 0 Å². The Morgan fingerprint density at radius 1 is 1.11 bits per heavy atom. The Hall–Kier alpha value is -3.28. The van der Waals surface area contributed by atoms with Gasteiger partial charge < -0.3 is 10.6 Å². The average Bonchev–Trinajstić information content (AvgIpc) is 2.61. The number of amides is 2. The number of rotatable bonds is 4. The fourth-order valence-electron chi connectivity index (χ4n) is 2.95. The van der Waals surface area contributed by atoms with Crippen molar-refractivity contribution in [2.45, 2.75) is 26.3 Å². The molecule has 2 heterocycles. The number of benzene rings is 1. The number of fused-ring (bicyclic) bond motifs is 1. The van der Waals surface area contributed by atoms with Crippen LogP contribution in [0.15, 0.2) is 54.9 Å². The monoisotopic (exact) mass is 363 g/mol. The van der Waals surface area contributed by atoms with Gasteiger partial charge in [0.25, 0.3) is 0 Å². The Balaban J connectivity index is 1.76. The molecule has 3 rings (SSSR count). The van der Waals surface area contributed by atoms with Gasteiger partial charge in [0.05, 0.1) is 29.9 Å². The van der Waals surface area contributed by atoms with Gasteiger partial charge in [0, 0.05) is 5.56 Å². The molecule has 0 saturated heterocycles. The van der Waals surface area contributed by atoms with Gasteiger partial charge in [-0.15, -0.1) is 0 Å². The second-order valence-corrected chi connectivity index (χ2v) is 7.10. The fourth-order valence-corrected chi connectivity index (χ4v) is 2.95. The molecule has 0 atom stereocenters. The van der Waals surface area contributed by atoms with E-state index in [9.17, 15) is 9.59 Å². The summed E-state index contributed by atoms with van der Waals surface area (Å²) in [5, 5.41) is 6.72. The van der Waals surface area contributed by atoms with Crippen LogP contribution in [0.4, 0.5) is 10.5 Å². The van der Waals surface area contributed by atoms with Crippen LogP contribution in [0.3, 0.4) is 0 Å². The lowest BCUT2D eigenvalue weighted by atomic mass is 9.92. The van der Waals surface area contributed by atoms with E-state index in [1.807, 2.05) is 62.0 Å². The first-order valence-corrected chi connectivity index (χ1v) is 8.71. The molecule has 3 aromatic rings. The molecule has 0 saturated carbocycles. The van der Waals surface area contributed by atoms with Gasteiger partial charge in [0.1, 0.15) is 0 Å². The third-order valence-electron chi connectivity index (χ3n) is 4.49. The maximum absolute atomic E-state index is 12.5. The van der Waals surface area contributed by atoms with Crippen molar-refractivity contribution in [2.75, 3.05) is 5.32 Å². The highest BCUT2D eigenvalue weighted by atomic mass is 16.2. The van der Waals surface area contributed by atoms with E-state index in [4.69, 9.17) is 0 Å². The molecule has 0 spiro atoms. The summed E-state index contributed by atoms with van der Waals surface area (Å²) >= 11 is 0. The van der Waals surface area contributed by atoms with Gasteiger partial charge >= 0.3 is 11.7 Å². The van der Waals surface area contributed by atoms with Crippen LogP contribution in [0.5, 0.6) is 0 Å². The van der Waals surface area contributed by atoms with E-state index in [0.29, 0.717) is 11.3 Å². The van der Waals surface area contributed by atoms with Gasteiger partial charge in [-0.3, -0.25) is 4.79 Å². The maximum Gasteiger partial charge on any atom is 0.330 e. The molecule has 0 radical (unpaired) electrons. The number of aryl methyl sites for hydroxylation is 1. The molecule has 1 aromatic carbocycles. The first-order valence-electron chi connectivity index (χ1n) is 8.71. The van der Waals surface area contributed by atoms with Crippen molar-refractivity contribution in [2.24, 2.45) is 7.05 Å². The van der Waals surface area contributed by atoms with Crippen molar-refractivity contribution in [1.29, 1.82) is 0 Å². The van der Waals surface area contributed by atoms with Crippen molar-refractivity contribution >= 4 is 28.5 Å². The molecule has 0 bridgehead atoms. The molecule has 6 nitrogen and oxygen atoms in total. The highest BCUT2D eigenvalue weighted by molar-refractivity contribution is 5.94. The van der Waals surface area contributed by atoms with Gasteiger partial charge in [-0.1, -0.05) is 18.2 Å². The number of nitrogens with zero attached hydrogens (tertiary/aromatic N) is 2. The zero-order valence-electron chi connectivity index (χ0n) is 15.9. The number of anilines is 1.